The number of carbonyl (C=O) groups is 1. The van der Waals surface area contributed by atoms with Crippen LogP contribution in [-0.4, -0.2) is 29.4 Å². The summed E-state index contributed by atoms with van der Waals surface area (Å²) in [7, 11) is -0.838. The zero-order valence-electron chi connectivity index (χ0n) is 14.9. The maximum Gasteiger partial charge on any atom is 0.495 e. The van der Waals surface area contributed by atoms with Gasteiger partial charge in [0.1, 0.15) is 0 Å². The van der Waals surface area contributed by atoms with Crippen molar-refractivity contribution in [3.05, 3.63) is 53.6 Å². The SMILES string of the molecule is CC1(C)OB(C(=CC=CC(=O)O)c2ccc(C(F)(F)F)cc2)OC1(C)C. The molecule has 0 bridgehead atoms. The molecule has 1 fully saturated rings. The van der Waals surface area contributed by atoms with Crippen LogP contribution >= 0.6 is 0 Å². The lowest BCUT2D eigenvalue weighted by atomic mass is 9.73. The van der Waals surface area contributed by atoms with Crippen molar-refractivity contribution >= 4 is 18.6 Å². The van der Waals surface area contributed by atoms with Gasteiger partial charge in [-0.05, 0) is 50.9 Å². The molecular weight excluding hydrogens is 348 g/mol. The van der Waals surface area contributed by atoms with Gasteiger partial charge in [0.2, 0.25) is 0 Å². The summed E-state index contributed by atoms with van der Waals surface area (Å²) in [5, 5.41) is 8.75. The Kier molecular flexibility index (Phi) is 5.40. The highest BCUT2D eigenvalue weighted by Gasteiger charge is 2.52. The van der Waals surface area contributed by atoms with Crippen LogP contribution in [0.15, 0.2) is 42.5 Å². The molecule has 1 aromatic rings. The van der Waals surface area contributed by atoms with Crippen LogP contribution in [0.5, 0.6) is 0 Å². The fourth-order valence-corrected chi connectivity index (χ4v) is 2.37. The lowest BCUT2D eigenvalue weighted by Crippen LogP contribution is -2.41. The van der Waals surface area contributed by atoms with Crippen molar-refractivity contribution in [2.75, 3.05) is 0 Å². The Bertz CT molecular complexity index is 718. The van der Waals surface area contributed by atoms with Crippen molar-refractivity contribution < 1.29 is 32.4 Å². The van der Waals surface area contributed by atoms with Crippen LogP contribution in [0.3, 0.4) is 0 Å². The topological polar surface area (TPSA) is 55.8 Å². The van der Waals surface area contributed by atoms with Gasteiger partial charge in [0.15, 0.2) is 0 Å². The molecule has 1 saturated heterocycles. The number of carboxylic acids is 1. The molecule has 1 aliphatic rings. The van der Waals surface area contributed by atoms with E-state index in [4.69, 9.17) is 14.4 Å². The summed E-state index contributed by atoms with van der Waals surface area (Å²) >= 11 is 0. The van der Waals surface area contributed by atoms with Gasteiger partial charge in [-0.2, -0.15) is 13.2 Å². The molecule has 0 unspecified atom stereocenters. The van der Waals surface area contributed by atoms with Gasteiger partial charge in [-0.25, -0.2) is 4.79 Å². The van der Waals surface area contributed by atoms with Crippen LogP contribution < -0.4 is 0 Å². The molecule has 8 heteroatoms. The summed E-state index contributed by atoms with van der Waals surface area (Å²) in [5.74, 6) is -1.14. The summed E-state index contributed by atoms with van der Waals surface area (Å²) in [5.41, 5.74) is -1.16. The van der Waals surface area contributed by atoms with Crippen molar-refractivity contribution in [1.29, 1.82) is 0 Å². The average molecular weight is 368 g/mol. The third-order valence-corrected chi connectivity index (χ3v) is 4.57. The van der Waals surface area contributed by atoms with Crippen LogP contribution in [0.4, 0.5) is 13.2 Å². The molecule has 2 rings (SSSR count). The second-order valence-corrected chi connectivity index (χ2v) is 6.98. The first kappa shape index (κ1) is 20.3. The van der Waals surface area contributed by atoms with Gasteiger partial charge in [0.25, 0.3) is 0 Å². The predicted octanol–water partition coefficient (Wildman–Crippen LogP) is 4.36. The van der Waals surface area contributed by atoms with E-state index in [9.17, 15) is 18.0 Å². The molecule has 1 aromatic carbocycles. The van der Waals surface area contributed by atoms with Gasteiger partial charge >= 0.3 is 19.3 Å². The summed E-state index contributed by atoms with van der Waals surface area (Å²) in [6, 6.07) is 4.56. The van der Waals surface area contributed by atoms with E-state index in [1.54, 1.807) is 0 Å². The molecule has 0 spiro atoms. The molecule has 140 valence electrons. The number of carboxylic acid groups (broad SMARTS) is 1. The third kappa shape index (κ3) is 4.37. The first-order valence-electron chi connectivity index (χ1n) is 7.98. The van der Waals surface area contributed by atoms with Crippen LogP contribution in [0.2, 0.25) is 0 Å². The number of aliphatic carboxylic acids is 1. The Morgan fingerprint density at radius 3 is 2.00 bits per heavy atom. The van der Waals surface area contributed by atoms with E-state index in [1.807, 2.05) is 27.7 Å². The Morgan fingerprint density at radius 2 is 1.58 bits per heavy atom. The van der Waals surface area contributed by atoms with Crippen molar-refractivity contribution in [2.45, 2.75) is 45.1 Å². The molecule has 0 aromatic heterocycles. The van der Waals surface area contributed by atoms with Crippen molar-refractivity contribution in [1.82, 2.24) is 0 Å². The predicted molar refractivity (Wildman–Crippen MR) is 92.3 cm³/mol. The molecule has 26 heavy (non-hydrogen) atoms. The van der Waals surface area contributed by atoms with E-state index in [1.165, 1.54) is 24.3 Å². The highest BCUT2D eigenvalue weighted by molar-refractivity contribution is 6.69. The molecule has 0 radical (unpaired) electrons. The highest BCUT2D eigenvalue weighted by Crippen LogP contribution is 2.41. The fraction of sp³-hybridized carbons (Fsp3) is 0.389. The molecule has 1 aliphatic heterocycles. The first-order valence-corrected chi connectivity index (χ1v) is 7.98. The number of halogens is 3. The first-order chi connectivity index (χ1) is 11.8. The van der Waals surface area contributed by atoms with Crippen molar-refractivity contribution in [2.24, 2.45) is 0 Å². The normalized spacial score (nSPS) is 20.0. The minimum atomic E-state index is -4.43. The third-order valence-electron chi connectivity index (χ3n) is 4.57. The standard InChI is InChI=1S/C18H20BF3O4/c1-16(2)17(3,4)26-19(25-16)14(6-5-7-15(23)24)12-8-10-13(11-9-12)18(20,21)22/h5-11H,1-4H3,(H,23,24). The second kappa shape index (κ2) is 6.93. The van der Waals surface area contributed by atoms with Crippen molar-refractivity contribution in [3.8, 4) is 0 Å². The van der Waals surface area contributed by atoms with E-state index in [-0.39, 0.29) is 0 Å². The minimum absolute atomic E-state index is 0.440. The number of benzene rings is 1. The minimum Gasteiger partial charge on any atom is -0.478 e. The van der Waals surface area contributed by atoms with Crippen LogP contribution in [0.25, 0.3) is 5.47 Å². The molecule has 4 nitrogen and oxygen atoms in total. The van der Waals surface area contributed by atoms with Crippen LogP contribution in [0, 0.1) is 0 Å². The van der Waals surface area contributed by atoms with E-state index < -0.39 is 36.0 Å². The van der Waals surface area contributed by atoms with Gasteiger partial charge in [-0.15, -0.1) is 0 Å². The number of hydrogen-bond acceptors (Lipinski definition) is 3. The maximum absolute atomic E-state index is 12.8. The van der Waals surface area contributed by atoms with Crippen LogP contribution in [0.1, 0.15) is 38.8 Å². The van der Waals surface area contributed by atoms with Gasteiger partial charge in [0, 0.05) is 6.08 Å². The molecule has 0 amide bonds. The number of alkyl halides is 3. The quantitative estimate of drug-likeness (QED) is 0.488. The summed E-state index contributed by atoms with van der Waals surface area (Å²) in [6.45, 7) is 7.41. The van der Waals surface area contributed by atoms with Gasteiger partial charge in [-0.3, -0.25) is 0 Å². The van der Waals surface area contributed by atoms with Crippen molar-refractivity contribution in [3.63, 3.8) is 0 Å². The molecule has 1 N–H and O–H groups in total. The Hall–Kier alpha value is -2.06. The van der Waals surface area contributed by atoms with Crippen LogP contribution in [-0.2, 0) is 20.3 Å². The Labute approximate surface area is 150 Å². The van der Waals surface area contributed by atoms with Gasteiger partial charge in [0.05, 0.1) is 16.8 Å². The summed E-state index contributed by atoms with van der Waals surface area (Å²) in [4.78, 5) is 10.7. The number of rotatable bonds is 4. The number of hydrogen-bond donors (Lipinski definition) is 1. The lowest BCUT2D eigenvalue weighted by molar-refractivity contribution is -0.137. The molecule has 0 aliphatic carbocycles. The zero-order chi connectivity index (χ0) is 19.8. The second-order valence-electron chi connectivity index (χ2n) is 6.98. The lowest BCUT2D eigenvalue weighted by Gasteiger charge is -2.32. The molecule has 1 heterocycles. The Morgan fingerprint density at radius 1 is 1.08 bits per heavy atom. The van der Waals surface area contributed by atoms with E-state index in [0.29, 0.717) is 11.0 Å². The maximum atomic E-state index is 12.8. The summed E-state index contributed by atoms with van der Waals surface area (Å²) < 4.78 is 50.2. The smallest absolute Gasteiger partial charge is 0.478 e. The zero-order valence-corrected chi connectivity index (χ0v) is 14.9. The molecular formula is C18H20BF3O4. The van der Waals surface area contributed by atoms with Gasteiger partial charge < -0.3 is 14.4 Å². The summed E-state index contributed by atoms with van der Waals surface area (Å²) in [6.07, 6.45) is -0.746. The van der Waals surface area contributed by atoms with E-state index in [0.717, 1.165) is 18.2 Å². The number of allylic oxidation sites excluding steroid dienone is 2. The Balaban J connectivity index is 2.41. The van der Waals surface area contributed by atoms with E-state index in [2.05, 4.69) is 0 Å². The molecule has 0 atom stereocenters. The van der Waals surface area contributed by atoms with E-state index >= 15 is 0 Å². The molecule has 0 saturated carbocycles. The largest absolute Gasteiger partial charge is 0.495 e. The highest BCUT2D eigenvalue weighted by atomic mass is 19.4. The monoisotopic (exact) mass is 368 g/mol. The fourth-order valence-electron chi connectivity index (χ4n) is 2.37. The van der Waals surface area contributed by atoms with Gasteiger partial charge in [-0.1, -0.05) is 24.3 Å². The average Bonchev–Trinajstić information content (AvgIpc) is 2.70.